The second kappa shape index (κ2) is 7.27. The minimum absolute atomic E-state index is 0.0276. The summed E-state index contributed by atoms with van der Waals surface area (Å²) in [4.78, 5) is 12.5. The number of ether oxygens (including phenoxy) is 1. The van der Waals surface area contributed by atoms with E-state index < -0.39 is 30.8 Å². The second-order valence-electron chi connectivity index (χ2n) is 6.72. The van der Waals surface area contributed by atoms with Gasteiger partial charge in [0.2, 0.25) is 0 Å². The summed E-state index contributed by atoms with van der Waals surface area (Å²) in [5, 5.41) is 14.1. The van der Waals surface area contributed by atoms with Crippen molar-refractivity contribution in [3.63, 3.8) is 0 Å². The minimum atomic E-state index is -5.08. The molecule has 1 N–H and O–H groups in total. The zero-order valence-corrected chi connectivity index (χ0v) is 15.3. The van der Waals surface area contributed by atoms with Gasteiger partial charge in [0.25, 0.3) is 11.6 Å². The summed E-state index contributed by atoms with van der Waals surface area (Å²) in [6.45, 7) is 2.98. The molecule has 2 aromatic carbocycles. The number of carbonyl (C=O) groups is 1. The zero-order valence-electron chi connectivity index (χ0n) is 15.3. The number of halogens is 3. The molecule has 3 rings (SSSR count). The van der Waals surface area contributed by atoms with Crippen LogP contribution in [0.25, 0.3) is 0 Å². The number of aliphatic hydroxyl groups is 1. The number of carbonyl (C=O) groups excluding carboxylic acids is 1. The fourth-order valence-corrected chi connectivity index (χ4v) is 3.04. The molecule has 5 nitrogen and oxygen atoms in total. The summed E-state index contributed by atoms with van der Waals surface area (Å²) in [7, 11) is 0. The Morgan fingerprint density at radius 1 is 1.18 bits per heavy atom. The fourth-order valence-electron chi connectivity index (χ4n) is 3.04. The van der Waals surface area contributed by atoms with Gasteiger partial charge >= 0.3 is 6.18 Å². The van der Waals surface area contributed by atoms with Gasteiger partial charge in [0, 0.05) is 0 Å². The SMILES string of the molecule is Cc1cc(C)cc(OCC(=O)N2N=C(c3ccccc3)C[C@]2(O)C(F)(F)F)c1. The van der Waals surface area contributed by atoms with Crippen LogP contribution >= 0.6 is 0 Å². The van der Waals surface area contributed by atoms with Crippen molar-refractivity contribution in [3.05, 3.63) is 65.2 Å². The Hall–Kier alpha value is -2.87. The zero-order chi connectivity index (χ0) is 20.5. The Kier molecular flexibility index (Phi) is 5.16. The smallest absolute Gasteiger partial charge is 0.438 e. The third-order valence-corrected chi connectivity index (χ3v) is 4.34. The van der Waals surface area contributed by atoms with Gasteiger partial charge in [0.1, 0.15) is 5.75 Å². The molecular weight excluding hydrogens is 373 g/mol. The standard InChI is InChI=1S/C20H19F3N2O3/c1-13-8-14(2)10-16(9-13)28-12-18(26)25-19(27,20(21,22)23)11-17(24-25)15-6-4-3-5-7-15/h3-10,27H,11-12H2,1-2H3/t19-/m0/s1. The van der Waals surface area contributed by atoms with Gasteiger partial charge in [0.15, 0.2) is 6.61 Å². The van der Waals surface area contributed by atoms with E-state index in [-0.39, 0.29) is 10.7 Å². The average molecular weight is 392 g/mol. The van der Waals surface area contributed by atoms with Gasteiger partial charge in [-0.05, 0) is 42.7 Å². The number of rotatable bonds is 4. The number of amides is 1. The first-order valence-electron chi connectivity index (χ1n) is 8.56. The van der Waals surface area contributed by atoms with E-state index in [0.29, 0.717) is 11.3 Å². The van der Waals surface area contributed by atoms with E-state index in [1.54, 1.807) is 42.5 Å². The highest BCUT2D eigenvalue weighted by atomic mass is 19.4. The van der Waals surface area contributed by atoms with E-state index in [1.165, 1.54) is 0 Å². The summed E-state index contributed by atoms with van der Waals surface area (Å²) in [6.07, 6.45) is -5.93. The topological polar surface area (TPSA) is 62.1 Å². The molecule has 2 aromatic rings. The lowest BCUT2D eigenvalue weighted by atomic mass is 10.0. The number of aryl methyl sites for hydroxylation is 2. The Bertz CT molecular complexity index is 892. The minimum Gasteiger partial charge on any atom is -0.484 e. The number of alkyl halides is 3. The van der Waals surface area contributed by atoms with Crippen molar-refractivity contribution in [1.29, 1.82) is 0 Å². The summed E-state index contributed by atoms with van der Waals surface area (Å²) < 4.78 is 46.0. The van der Waals surface area contributed by atoms with Gasteiger partial charge in [-0.25, -0.2) is 0 Å². The largest absolute Gasteiger partial charge is 0.484 e. The molecule has 148 valence electrons. The van der Waals surface area contributed by atoms with Crippen LogP contribution in [0.4, 0.5) is 13.2 Å². The third-order valence-electron chi connectivity index (χ3n) is 4.34. The Morgan fingerprint density at radius 3 is 2.36 bits per heavy atom. The van der Waals surface area contributed by atoms with Crippen LogP contribution in [0.15, 0.2) is 53.6 Å². The first kappa shape index (κ1) is 19.9. The van der Waals surface area contributed by atoms with Crippen LogP contribution < -0.4 is 4.74 Å². The molecule has 1 heterocycles. The van der Waals surface area contributed by atoms with Gasteiger partial charge < -0.3 is 9.84 Å². The molecule has 1 amide bonds. The number of hydrogen-bond acceptors (Lipinski definition) is 4. The Balaban J connectivity index is 1.85. The Labute approximate surface area is 160 Å². The van der Waals surface area contributed by atoms with E-state index in [9.17, 15) is 23.1 Å². The van der Waals surface area contributed by atoms with Crippen LogP contribution in [0.5, 0.6) is 5.75 Å². The van der Waals surface area contributed by atoms with Crippen LogP contribution in [0.1, 0.15) is 23.1 Å². The molecule has 0 radical (unpaired) electrons. The van der Waals surface area contributed by atoms with Gasteiger partial charge in [0.05, 0.1) is 12.1 Å². The molecule has 0 saturated carbocycles. The molecule has 1 atom stereocenters. The number of nitrogens with zero attached hydrogens (tertiary/aromatic N) is 2. The molecule has 0 aromatic heterocycles. The quantitative estimate of drug-likeness (QED) is 0.865. The highest BCUT2D eigenvalue weighted by molar-refractivity contribution is 6.03. The predicted molar refractivity (Wildman–Crippen MR) is 96.9 cm³/mol. The molecule has 0 saturated heterocycles. The first-order chi connectivity index (χ1) is 13.1. The van der Waals surface area contributed by atoms with Crippen molar-refractivity contribution in [2.45, 2.75) is 32.2 Å². The number of hydrazone groups is 1. The highest BCUT2D eigenvalue weighted by Gasteiger charge is 2.63. The van der Waals surface area contributed by atoms with Gasteiger partial charge in [-0.1, -0.05) is 36.4 Å². The predicted octanol–water partition coefficient (Wildman–Crippen LogP) is 3.57. The summed E-state index contributed by atoms with van der Waals surface area (Å²) in [6, 6.07) is 13.3. The maximum absolute atomic E-state index is 13.6. The fraction of sp³-hybridized carbons (Fsp3) is 0.300. The number of hydrogen-bond donors (Lipinski definition) is 1. The van der Waals surface area contributed by atoms with E-state index in [0.717, 1.165) is 11.1 Å². The van der Waals surface area contributed by atoms with E-state index >= 15 is 0 Å². The maximum atomic E-state index is 13.6. The van der Waals surface area contributed by atoms with Crippen LogP contribution in [0, 0.1) is 13.8 Å². The second-order valence-corrected chi connectivity index (χ2v) is 6.72. The van der Waals surface area contributed by atoms with E-state index in [2.05, 4.69) is 5.10 Å². The molecule has 8 heteroatoms. The van der Waals surface area contributed by atoms with Crippen LogP contribution in [0.3, 0.4) is 0 Å². The molecule has 0 aliphatic carbocycles. The van der Waals surface area contributed by atoms with Gasteiger partial charge in [-0.2, -0.15) is 23.3 Å². The van der Waals surface area contributed by atoms with Crippen molar-refractivity contribution in [2.75, 3.05) is 6.61 Å². The first-order valence-corrected chi connectivity index (χ1v) is 8.56. The van der Waals surface area contributed by atoms with Crippen molar-refractivity contribution in [3.8, 4) is 5.75 Å². The van der Waals surface area contributed by atoms with Crippen LogP contribution in [-0.2, 0) is 4.79 Å². The highest BCUT2D eigenvalue weighted by Crippen LogP contribution is 2.41. The van der Waals surface area contributed by atoms with E-state index in [4.69, 9.17) is 4.74 Å². The molecule has 0 spiro atoms. The molecule has 1 aliphatic rings. The average Bonchev–Trinajstić information content (AvgIpc) is 2.99. The summed E-state index contributed by atoms with van der Waals surface area (Å²) in [5.74, 6) is -0.738. The molecule has 28 heavy (non-hydrogen) atoms. The van der Waals surface area contributed by atoms with Gasteiger partial charge in [-0.3, -0.25) is 4.79 Å². The number of benzene rings is 2. The van der Waals surface area contributed by atoms with Crippen LogP contribution in [-0.4, -0.2) is 40.2 Å². The monoisotopic (exact) mass is 392 g/mol. The Morgan fingerprint density at radius 2 is 1.79 bits per heavy atom. The maximum Gasteiger partial charge on any atom is 0.438 e. The molecular formula is C20H19F3N2O3. The molecule has 0 unspecified atom stereocenters. The molecule has 0 bridgehead atoms. The van der Waals surface area contributed by atoms with E-state index in [1.807, 2.05) is 19.9 Å². The van der Waals surface area contributed by atoms with Crippen molar-refractivity contribution in [1.82, 2.24) is 5.01 Å². The van der Waals surface area contributed by atoms with Crippen LogP contribution in [0.2, 0.25) is 0 Å². The lowest BCUT2D eigenvalue weighted by Crippen LogP contribution is -2.57. The molecule has 1 aliphatic heterocycles. The van der Waals surface area contributed by atoms with Crippen molar-refractivity contribution in [2.24, 2.45) is 5.10 Å². The lowest BCUT2D eigenvalue weighted by Gasteiger charge is -2.32. The van der Waals surface area contributed by atoms with Crippen molar-refractivity contribution >= 4 is 11.6 Å². The molecule has 0 fully saturated rings. The summed E-state index contributed by atoms with van der Waals surface area (Å²) >= 11 is 0. The lowest BCUT2D eigenvalue weighted by molar-refractivity contribution is -0.302. The normalized spacial score (nSPS) is 19.5. The van der Waals surface area contributed by atoms with Crippen molar-refractivity contribution < 1.29 is 27.8 Å². The summed E-state index contributed by atoms with van der Waals surface area (Å²) in [5.41, 5.74) is -1.27. The third kappa shape index (κ3) is 3.87. The van der Waals surface area contributed by atoms with Gasteiger partial charge in [-0.15, -0.1) is 0 Å².